The fraction of sp³-hybridized carbons (Fsp3) is 0.222. The van der Waals surface area contributed by atoms with Crippen LogP contribution in [0.1, 0.15) is 0 Å². The number of rotatable bonds is 3. The van der Waals surface area contributed by atoms with E-state index in [2.05, 4.69) is 41.4 Å². The summed E-state index contributed by atoms with van der Waals surface area (Å²) < 4.78 is 0. The largest absolute Gasteiger partial charge is 0.352 e. The van der Waals surface area contributed by atoms with E-state index in [1.54, 1.807) is 29.0 Å². The van der Waals surface area contributed by atoms with Crippen LogP contribution in [-0.2, 0) is 0 Å². The maximum Gasteiger partial charge on any atom is 0.208 e. The first-order valence-corrected chi connectivity index (χ1v) is 10.6. The predicted molar refractivity (Wildman–Crippen MR) is 112 cm³/mol. The van der Waals surface area contributed by atoms with Gasteiger partial charge in [-0.2, -0.15) is 0 Å². The molecule has 136 valence electrons. The summed E-state index contributed by atoms with van der Waals surface area (Å²) in [7, 11) is 0. The van der Waals surface area contributed by atoms with Gasteiger partial charge >= 0.3 is 0 Å². The van der Waals surface area contributed by atoms with Crippen molar-refractivity contribution in [2.24, 2.45) is 0 Å². The maximum atomic E-state index is 6.29. The number of aromatic nitrogens is 4. The minimum absolute atomic E-state index is 0.702. The molecule has 1 aliphatic heterocycles. The van der Waals surface area contributed by atoms with E-state index >= 15 is 0 Å². The van der Waals surface area contributed by atoms with E-state index in [0.29, 0.717) is 5.02 Å². The predicted octanol–water partition coefficient (Wildman–Crippen LogP) is 4.19. The lowest BCUT2D eigenvalue weighted by Gasteiger charge is -2.35. The van der Waals surface area contributed by atoms with Crippen molar-refractivity contribution in [3.05, 3.63) is 47.1 Å². The first-order valence-electron chi connectivity index (χ1n) is 8.56. The lowest BCUT2D eigenvalue weighted by atomic mass is 10.2. The molecule has 27 heavy (non-hydrogen) atoms. The van der Waals surface area contributed by atoms with E-state index in [-0.39, 0.29) is 0 Å². The Kier molecular flexibility index (Phi) is 4.39. The Labute approximate surface area is 169 Å². The van der Waals surface area contributed by atoms with Crippen LogP contribution in [0.15, 0.2) is 42.0 Å². The molecule has 0 spiro atoms. The van der Waals surface area contributed by atoms with Crippen LogP contribution in [-0.4, -0.2) is 46.3 Å². The third-order valence-electron chi connectivity index (χ3n) is 4.61. The van der Waals surface area contributed by atoms with Gasteiger partial charge in [0.25, 0.3) is 0 Å². The van der Waals surface area contributed by atoms with Crippen LogP contribution in [0.2, 0.25) is 5.02 Å². The average Bonchev–Trinajstić information content (AvgIpc) is 3.38. The molecule has 0 N–H and O–H groups in total. The van der Waals surface area contributed by atoms with Crippen LogP contribution in [0.3, 0.4) is 0 Å². The zero-order chi connectivity index (χ0) is 18.2. The maximum absolute atomic E-state index is 6.29. The molecule has 5 rings (SSSR count). The third-order valence-corrected chi connectivity index (χ3v) is 6.78. The molecule has 1 aromatic carbocycles. The fourth-order valence-corrected chi connectivity index (χ4v) is 5.17. The zero-order valence-electron chi connectivity index (χ0n) is 14.2. The number of halogens is 1. The number of hydrogen-bond donors (Lipinski definition) is 0. The van der Waals surface area contributed by atoms with Crippen molar-refractivity contribution in [1.82, 2.24) is 20.2 Å². The highest BCUT2D eigenvalue weighted by Crippen LogP contribution is 2.34. The molecule has 4 aromatic rings. The normalized spacial score (nSPS) is 14.9. The monoisotopic (exact) mass is 414 g/mol. The van der Waals surface area contributed by atoms with Crippen molar-refractivity contribution in [3.8, 4) is 10.6 Å². The minimum atomic E-state index is 0.702. The van der Waals surface area contributed by atoms with Crippen molar-refractivity contribution in [2.45, 2.75) is 0 Å². The van der Waals surface area contributed by atoms with Gasteiger partial charge < -0.3 is 9.80 Å². The van der Waals surface area contributed by atoms with E-state index in [0.717, 1.165) is 57.9 Å². The molecule has 0 saturated carbocycles. The SMILES string of the molecule is Clc1ccccc1-c1nnc(N2CCN(c3ncnc4sccc34)CC2)s1. The van der Waals surface area contributed by atoms with Crippen molar-refractivity contribution < 1.29 is 0 Å². The molecule has 0 amide bonds. The van der Waals surface area contributed by atoms with Gasteiger partial charge in [0, 0.05) is 31.7 Å². The molecule has 0 atom stereocenters. The third kappa shape index (κ3) is 3.13. The zero-order valence-corrected chi connectivity index (χ0v) is 16.6. The van der Waals surface area contributed by atoms with Gasteiger partial charge in [-0.05, 0) is 17.5 Å². The number of hydrogen-bond acceptors (Lipinski definition) is 8. The molecule has 4 heterocycles. The summed E-state index contributed by atoms with van der Waals surface area (Å²) >= 11 is 9.52. The van der Waals surface area contributed by atoms with Gasteiger partial charge in [0.1, 0.15) is 17.0 Å². The second-order valence-corrected chi connectivity index (χ2v) is 8.44. The number of benzene rings is 1. The van der Waals surface area contributed by atoms with Crippen LogP contribution in [0.4, 0.5) is 10.9 Å². The highest BCUT2D eigenvalue weighted by molar-refractivity contribution is 7.18. The minimum Gasteiger partial charge on any atom is -0.352 e. The molecule has 9 heteroatoms. The molecule has 0 bridgehead atoms. The Morgan fingerprint density at radius 2 is 1.74 bits per heavy atom. The van der Waals surface area contributed by atoms with Crippen LogP contribution < -0.4 is 9.80 Å². The van der Waals surface area contributed by atoms with Gasteiger partial charge in [0.15, 0.2) is 5.01 Å². The molecule has 0 unspecified atom stereocenters. The topological polar surface area (TPSA) is 58.0 Å². The second kappa shape index (κ2) is 7.03. The molecule has 1 fully saturated rings. The second-order valence-electron chi connectivity index (χ2n) is 6.18. The molecule has 0 aliphatic carbocycles. The van der Waals surface area contributed by atoms with Crippen LogP contribution in [0, 0.1) is 0 Å². The first kappa shape index (κ1) is 16.9. The highest BCUT2D eigenvalue weighted by atomic mass is 35.5. The molecule has 3 aromatic heterocycles. The Morgan fingerprint density at radius 1 is 0.926 bits per heavy atom. The molecule has 1 saturated heterocycles. The number of fused-ring (bicyclic) bond motifs is 1. The molecule has 1 aliphatic rings. The molecule has 6 nitrogen and oxygen atoms in total. The number of nitrogens with zero attached hydrogens (tertiary/aromatic N) is 6. The van der Waals surface area contributed by atoms with Crippen molar-refractivity contribution in [2.75, 3.05) is 36.0 Å². The lowest BCUT2D eigenvalue weighted by molar-refractivity contribution is 0.645. The molecule has 0 radical (unpaired) electrons. The summed E-state index contributed by atoms with van der Waals surface area (Å²) in [5, 5.41) is 14.4. The fourth-order valence-electron chi connectivity index (χ4n) is 3.23. The van der Waals surface area contributed by atoms with Gasteiger partial charge in [-0.25, -0.2) is 9.97 Å². The summed E-state index contributed by atoms with van der Waals surface area (Å²) in [5.74, 6) is 1.02. The standard InChI is InChI=1S/C18H15ClN6S2/c19-14-4-2-1-3-12(14)17-22-23-18(27-17)25-8-6-24(7-9-25)15-13-5-10-26-16(13)21-11-20-15/h1-5,10-11H,6-9H2. The molecular formula is C18H15ClN6S2. The Balaban J connectivity index is 1.33. The van der Waals surface area contributed by atoms with Crippen LogP contribution in [0.25, 0.3) is 20.8 Å². The summed E-state index contributed by atoms with van der Waals surface area (Å²) in [6.07, 6.45) is 1.65. The van der Waals surface area contributed by atoms with Crippen LogP contribution in [0.5, 0.6) is 0 Å². The first-order chi connectivity index (χ1) is 13.3. The van der Waals surface area contributed by atoms with E-state index in [1.165, 1.54) is 0 Å². The Bertz CT molecular complexity index is 1090. The summed E-state index contributed by atoms with van der Waals surface area (Å²) in [6, 6.07) is 9.84. The van der Waals surface area contributed by atoms with Gasteiger partial charge in [-0.15, -0.1) is 21.5 Å². The smallest absolute Gasteiger partial charge is 0.208 e. The summed E-state index contributed by atoms with van der Waals surface area (Å²) in [5.41, 5.74) is 0.933. The lowest BCUT2D eigenvalue weighted by Crippen LogP contribution is -2.46. The Morgan fingerprint density at radius 3 is 2.59 bits per heavy atom. The van der Waals surface area contributed by atoms with Crippen molar-refractivity contribution in [1.29, 1.82) is 0 Å². The van der Waals surface area contributed by atoms with E-state index < -0.39 is 0 Å². The van der Waals surface area contributed by atoms with E-state index in [9.17, 15) is 0 Å². The molecular weight excluding hydrogens is 400 g/mol. The van der Waals surface area contributed by atoms with Crippen molar-refractivity contribution >= 4 is 55.4 Å². The quantitative estimate of drug-likeness (QED) is 0.501. The van der Waals surface area contributed by atoms with Gasteiger partial charge in [0.2, 0.25) is 5.13 Å². The van der Waals surface area contributed by atoms with Gasteiger partial charge in [-0.1, -0.05) is 41.1 Å². The van der Waals surface area contributed by atoms with Gasteiger partial charge in [0.05, 0.1) is 10.4 Å². The Hall–Kier alpha value is -2.29. The van der Waals surface area contributed by atoms with Crippen LogP contribution >= 0.6 is 34.3 Å². The highest BCUT2D eigenvalue weighted by Gasteiger charge is 2.23. The number of thiophene rings is 1. The van der Waals surface area contributed by atoms with E-state index in [4.69, 9.17) is 11.6 Å². The number of anilines is 2. The van der Waals surface area contributed by atoms with E-state index in [1.807, 2.05) is 24.3 Å². The van der Waals surface area contributed by atoms with Crippen molar-refractivity contribution in [3.63, 3.8) is 0 Å². The summed E-state index contributed by atoms with van der Waals surface area (Å²) in [6.45, 7) is 3.55. The summed E-state index contributed by atoms with van der Waals surface area (Å²) in [4.78, 5) is 14.5. The van der Waals surface area contributed by atoms with Gasteiger partial charge in [-0.3, -0.25) is 0 Å². The number of piperazine rings is 1. The average molecular weight is 415 g/mol.